The van der Waals surface area contributed by atoms with Crippen molar-refractivity contribution >= 4 is 0 Å². The first-order chi connectivity index (χ1) is 11.4. The standard InChI is InChI=1S/C14H18F3N7/c1-10-18-5-4-12(19-10)11-3-2-6-23(7-11)8-13-20-21-22-24(13)9-14(15,16)17/h4-5,11H,2-3,6-9H2,1H3. The largest absolute Gasteiger partial charge is 0.408 e. The molecule has 0 aliphatic carbocycles. The number of aromatic nitrogens is 6. The van der Waals surface area contributed by atoms with Crippen molar-refractivity contribution in [2.75, 3.05) is 13.1 Å². The molecule has 0 amide bonds. The van der Waals surface area contributed by atoms with Gasteiger partial charge in [-0.25, -0.2) is 14.6 Å². The highest BCUT2D eigenvalue weighted by molar-refractivity contribution is 5.10. The van der Waals surface area contributed by atoms with Crippen LogP contribution in [0.25, 0.3) is 0 Å². The van der Waals surface area contributed by atoms with Gasteiger partial charge in [-0.3, -0.25) is 4.90 Å². The summed E-state index contributed by atoms with van der Waals surface area (Å²) in [6.45, 7) is 2.49. The Bertz CT molecular complexity index is 685. The van der Waals surface area contributed by atoms with E-state index >= 15 is 0 Å². The Hall–Kier alpha value is -2.10. The quantitative estimate of drug-likeness (QED) is 0.843. The number of halogens is 3. The highest BCUT2D eigenvalue weighted by Gasteiger charge is 2.31. The summed E-state index contributed by atoms with van der Waals surface area (Å²) in [6.07, 6.45) is -0.650. The first kappa shape index (κ1) is 16.7. The highest BCUT2D eigenvalue weighted by atomic mass is 19.4. The van der Waals surface area contributed by atoms with E-state index in [9.17, 15) is 13.2 Å². The van der Waals surface area contributed by atoms with Crippen LogP contribution in [0, 0.1) is 6.92 Å². The molecule has 10 heteroatoms. The van der Waals surface area contributed by atoms with Crippen LogP contribution in [-0.4, -0.2) is 54.3 Å². The summed E-state index contributed by atoms with van der Waals surface area (Å²) in [6, 6.07) is 1.90. The molecular formula is C14H18F3N7. The third kappa shape index (κ3) is 4.25. The van der Waals surface area contributed by atoms with E-state index in [2.05, 4.69) is 30.4 Å². The third-order valence-electron chi connectivity index (χ3n) is 4.02. The predicted octanol–water partition coefficient (Wildman–Crippen LogP) is 1.71. The molecule has 7 nitrogen and oxygen atoms in total. The molecule has 1 saturated heterocycles. The van der Waals surface area contributed by atoms with Crippen LogP contribution in [0.5, 0.6) is 0 Å². The molecule has 0 bridgehead atoms. The van der Waals surface area contributed by atoms with Gasteiger partial charge in [0, 0.05) is 24.4 Å². The minimum atomic E-state index is -4.34. The van der Waals surface area contributed by atoms with Crippen LogP contribution in [0.15, 0.2) is 12.3 Å². The molecule has 3 heterocycles. The van der Waals surface area contributed by atoms with Crippen LogP contribution < -0.4 is 0 Å². The molecule has 2 aromatic rings. The van der Waals surface area contributed by atoms with Crippen molar-refractivity contribution < 1.29 is 13.2 Å². The first-order valence-corrected chi connectivity index (χ1v) is 7.74. The summed E-state index contributed by atoms with van der Waals surface area (Å²) >= 11 is 0. The van der Waals surface area contributed by atoms with Gasteiger partial charge in [0.05, 0.1) is 6.54 Å². The van der Waals surface area contributed by atoms with Gasteiger partial charge in [0.25, 0.3) is 0 Å². The maximum Gasteiger partial charge on any atom is 0.408 e. The van der Waals surface area contributed by atoms with Crippen molar-refractivity contribution in [1.29, 1.82) is 0 Å². The lowest BCUT2D eigenvalue weighted by atomic mass is 9.94. The number of nitrogens with zero attached hydrogens (tertiary/aromatic N) is 7. The lowest BCUT2D eigenvalue weighted by molar-refractivity contribution is -0.143. The number of likely N-dealkylation sites (tertiary alicyclic amines) is 1. The third-order valence-corrected chi connectivity index (χ3v) is 4.02. The minimum absolute atomic E-state index is 0.229. The number of hydrogen-bond acceptors (Lipinski definition) is 6. The fraction of sp³-hybridized carbons (Fsp3) is 0.643. The second-order valence-corrected chi connectivity index (χ2v) is 5.97. The molecule has 0 saturated carbocycles. The number of tetrazole rings is 1. The van der Waals surface area contributed by atoms with E-state index < -0.39 is 12.7 Å². The molecule has 2 aromatic heterocycles. The van der Waals surface area contributed by atoms with Crippen molar-refractivity contribution in [3.8, 4) is 0 Å². The molecule has 1 aliphatic heterocycles. The van der Waals surface area contributed by atoms with Gasteiger partial charge in [0.15, 0.2) is 5.82 Å². The molecule has 24 heavy (non-hydrogen) atoms. The Morgan fingerprint density at radius 3 is 2.92 bits per heavy atom. The van der Waals surface area contributed by atoms with E-state index in [0.717, 1.165) is 42.1 Å². The highest BCUT2D eigenvalue weighted by Crippen LogP contribution is 2.26. The van der Waals surface area contributed by atoms with E-state index in [1.165, 1.54) is 0 Å². The van der Waals surface area contributed by atoms with Crippen molar-refractivity contribution in [3.63, 3.8) is 0 Å². The Morgan fingerprint density at radius 1 is 1.33 bits per heavy atom. The average Bonchev–Trinajstić information content (AvgIpc) is 2.92. The van der Waals surface area contributed by atoms with E-state index in [0.29, 0.717) is 6.54 Å². The normalized spacial score (nSPS) is 19.6. The maximum absolute atomic E-state index is 12.6. The number of hydrogen-bond donors (Lipinski definition) is 0. The molecule has 3 rings (SSSR count). The van der Waals surface area contributed by atoms with Crippen LogP contribution in [0.4, 0.5) is 13.2 Å². The summed E-state index contributed by atoms with van der Waals surface area (Å²) in [5.74, 6) is 1.19. The minimum Gasteiger partial charge on any atom is -0.295 e. The second kappa shape index (κ2) is 6.80. The molecule has 0 radical (unpaired) electrons. The van der Waals surface area contributed by atoms with E-state index in [4.69, 9.17) is 0 Å². The fourth-order valence-corrected chi connectivity index (χ4v) is 2.97. The van der Waals surface area contributed by atoms with Crippen LogP contribution in [0.3, 0.4) is 0 Å². The van der Waals surface area contributed by atoms with Crippen molar-refractivity contribution in [3.05, 3.63) is 29.6 Å². The summed E-state index contributed by atoms with van der Waals surface area (Å²) < 4.78 is 38.5. The predicted molar refractivity (Wildman–Crippen MR) is 77.9 cm³/mol. The molecule has 130 valence electrons. The van der Waals surface area contributed by atoms with E-state index in [1.54, 1.807) is 6.20 Å². The molecule has 0 spiro atoms. The smallest absolute Gasteiger partial charge is 0.295 e. The van der Waals surface area contributed by atoms with Gasteiger partial charge in [-0.15, -0.1) is 5.10 Å². The van der Waals surface area contributed by atoms with Gasteiger partial charge in [-0.2, -0.15) is 13.2 Å². The van der Waals surface area contributed by atoms with Gasteiger partial charge in [-0.1, -0.05) is 0 Å². The SMILES string of the molecule is Cc1nccc(C2CCCN(Cc3nnnn3CC(F)(F)F)C2)n1. The fourth-order valence-electron chi connectivity index (χ4n) is 2.97. The Kier molecular flexibility index (Phi) is 4.74. The maximum atomic E-state index is 12.6. The Morgan fingerprint density at radius 2 is 2.17 bits per heavy atom. The Labute approximate surface area is 136 Å². The van der Waals surface area contributed by atoms with Gasteiger partial charge < -0.3 is 0 Å². The van der Waals surface area contributed by atoms with Crippen LogP contribution in [-0.2, 0) is 13.1 Å². The molecule has 0 aromatic carbocycles. The lowest BCUT2D eigenvalue weighted by Gasteiger charge is -2.32. The van der Waals surface area contributed by atoms with Crippen LogP contribution in [0.2, 0.25) is 0 Å². The van der Waals surface area contributed by atoms with E-state index in [-0.39, 0.29) is 11.7 Å². The van der Waals surface area contributed by atoms with Crippen LogP contribution >= 0.6 is 0 Å². The molecular weight excluding hydrogens is 323 g/mol. The summed E-state index contributed by atoms with van der Waals surface area (Å²) in [7, 11) is 0. The van der Waals surface area contributed by atoms with Gasteiger partial charge in [0.2, 0.25) is 0 Å². The number of alkyl halides is 3. The van der Waals surface area contributed by atoms with Crippen molar-refractivity contribution in [2.24, 2.45) is 0 Å². The summed E-state index contributed by atoms with van der Waals surface area (Å²) in [4.78, 5) is 10.6. The summed E-state index contributed by atoms with van der Waals surface area (Å²) in [5, 5.41) is 10.6. The zero-order valence-electron chi connectivity index (χ0n) is 13.2. The zero-order valence-corrected chi connectivity index (χ0v) is 13.2. The number of aryl methyl sites for hydroxylation is 1. The Balaban J connectivity index is 1.67. The van der Waals surface area contributed by atoms with E-state index in [1.807, 2.05) is 13.0 Å². The number of piperidine rings is 1. The molecule has 1 fully saturated rings. The summed E-state index contributed by atoms with van der Waals surface area (Å²) in [5.41, 5.74) is 0.974. The first-order valence-electron chi connectivity index (χ1n) is 7.74. The van der Waals surface area contributed by atoms with Crippen LogP contribution in [0.1, 0.15) is 36.1 Å². The molecule has 1 unspecified atom stereocenters. The second-order valence-electron chi connectivity index (χ2n) is 5.97. The topological polar surface area (TPSA) is 72.6 Å². The van der Waals surface area contributed by atoms with Crippen molar-refractivity contribution in [1.82, 2.24) is 35.1 Å². The molecule has 1 aliphatic rings. The van der Waals surface area contributed by atoms with Gasteiger partial charge in [0.1, 0.15) is 12.4 Å². The lowest BCUT2D eigenvalue weighted by Crippen LogP contribution is -2.35. The molecule has 1 atom stereocenters. The van der Waals surface area contributed by atoms with Gasteiger partial charge in [-0.05, 0) is 42.8 Å². The van der Waals surface area contributed by atoms with Gasteiger partial charge >= 0.3 is 6.18 Å². The average molecular weight is 341 g/mol. The number of rotatable bonds is 4. The molecule has 0 N–H and O–H groups in total. The monoisotopic (exact) mass is 341 g/mol. The zero-order chi connectivity index (χ0) is 17.2. The van der Waals surface area contributed by atoms with Crippen molar-refractivity contribution in [2.45, 2.75) is 44.9 Å².